The van der Waals surface area contributed by atoms with E-state index in [1.54, 1.807) is 6.92 Å². The lowest BCUT2D eigenvalue weighted by molar-refractivity contribution is -0.152. The Labute approximate surface area is 467 Å². The molecule has 4 rings (SSSR count). The van der Waals surface area contributed by atoms with Crippen molar-refractivity contribution in [3.63, 3.8) is 0 Å². The molecule has 0 amide bonds. The Morgan fingerprint density at radius 3 is 1.22 bits per heavy atom. The number of benzene rings is 4. The normalized spacial score (nSPS) is 12.2. The number of aryl methyl sites for hydroxylation is 2. The SMILES string of the molecule is C.C.C.C.C.C.C=C(C)C(=O)OCCc1ccc(-c2ccc(CC[P+]([O-])=S=S)cc2)cc1.CC(C[Si](C)(O[Si](C)O[Si](C)(C)C)O[Si](C)(C)C)C(=O)OCCc1ccc(-c2ccc(CC[P+]([O-])=S=S)cc2)cc1. The van der Waals surface area contributed by atoms with Crippen LogP contribution in [0.25, 0.3) is 22.3 Å². The van der Waals surface area contributed by atoms with Gasteiger partial charge in [-0.25, -0.2) is 4.79 Å². The first-order chi connectivity index (χ1) is 31.5. The third-order valence-electron chi connectivity index (χ3n) is 9.83. The Morgan fingerprint density at radius 1 is 0.589 bits per heavy atom. The largest absolute Gasteiger partial charge is 0.620 e. The quantitative estimate of drug-likeness (QED) is 0.0288. The zero-order chi connectivity index (χ0) is 49.8. The van der Waals surface area contributed by atoms with Gasteiger partial charge in [0.15, 0.2) is 16.6 Å². The number of hydrogen-bond acceptors (Lipinski definition) is 11. The van der Waals surface area contributed by atoms with Crippen LogP contribution in [-0.2, 0) is 98.5 Å². The summed E-state index contributed by atoms with van der Waals surface area (Å²) in [5, 5.41) is 0. The lowest BCUT2D eigenvalue weighted by Gasteiger charge is -2.37. The van der Waals surface area contributed by atoms with Crippen molar-refractivity contribution in [2.45, 2.75) is 143 Å². The van der Waals surface area contributed by atoms with Crippen molar-refractivity contribution in [1.82, 2.24) is 0 Å². The molecule has 0 bridgehead atoms. The van der Waals surface area contributed by atoms with Gasteiger partial charge in [0.05, 0.1) is 19.1 Å². The second kappa shape index (κ2) is 38.3. The van der Waals surface area contributed by atoms with Crippen molar-refractivity contribution < 1.29 is 41.2 Å². The molecule has 0 aliphatic rings. The zero-order valence-electron chi connectivity index (χ0n) is 40.6. The lowest BCUT2D eigenvalue weighted by atomic mass is 10.0. The first-order valence-corrected chi connectivity index (χ1v) is 41.0. The van der Waals surface area contributed by atoms with Crippen molar-refractivity contribution in [3.05, 3.63) is 131 Å². The molecule has 0 aliphatic carbocycles. The van der Waals surface area contributed by atoms with Crippen LogP contribution in [0.2, 0.25) is 58.4 Å². The predicted octanol–water partition coefficient (Wildman–Crippen LogP) is 14.3. The van der Waals surface area contributed by atoms with E-state index in [0.717, 1.165) is 76.3 Å². The number of carbonyl (C=O) groups is 2. The van der Waals surface area contributed by atoms with Gasteiger partial charge in [0.1, 0.15) is 45.2 Å². The van der Waals surface area contributed by atoms with Crippen molar-refractivity contribution in [2.24, 2.45) is 5.92 Å². The van der Waals surface area contributed by atoms with Gasteiger partial charge in [-0.05, 0) is 104 Å². The lowest BCUT2D eigenvalue weighted by Crippen LogP contribution is -2.53. The molecule has 4 aromatic carbocycles. The van der Waals surface area contributed by atoms with Crippen LogP contribution in [0.15, 0.2) is 109 Å². The van der Waals surface area contributed by atoms with E-state index in [1.807, 2.05) is 25.6 Å². The molecule has 4 unspecified atom stereocenters. The summed E-state index contributed by atoms with van der Waals surface area (Å²) in [6, 6.07) is 33.7. The number of hydrogen-bond donors (Lipinski definition) is 0. The highest BCUT2D eigenvalue weighted by molar-refractivity contribution is 8.34. The first-order valence-electron chi connectivity index (χ1n) is 22.2. The molecule has 9 nitrogen and oxygen atoms in total. The number of carbonyl (C=O) groups excluding carboxylic acids is 2. The molecule has 0 aromatic heterocycles. The van der Waals surface area contributed by atoms with Crippen LogP contribution in [0.5, 0.6) is 0 Å². The van der Waals surface area contributed by atoms with E-state index < -0.39 is 48.3 Å². The second-order valence-corrected chi connectivity index (χ2v) is 41.5. The summed E-state index contributed by atoms with van der Waals surface area (Å²) in [5.41, 5.74) is 9.49. The maximum absolute atomic E-state index is 12.9. The van der Waals surface area contributed by atoms with Gasteiger partial charge in [-0.15, -0.1) is 0 Å². The third kappa shape index (κ3) is 31.5. The number of rotatable bonds is 24. The van der Waals surface area contributed by atoms with Crippen LogP contribution in [0.3, 0.4) is 0 Å². The molecule has 0 fully saturated rings. The van der Waals surface area contributed by atoms with Crippen molar-refractivity contribution >= 4 is 102 Å². The molecule has 4 atom stereocenters. The van der Waals surface area contributed by atoms with Crippen LogP contribution in [0.4, 0.5) is 0 Å². The molecule has 0 aliphatic heterocycles. The molecule has 0 saturated heterocycles. The first kappa shape index (κ1) is 77.2. The number of esters is 2. The average molecular weight is 1190 g/mol. The molecule has 19 heteroatoms. The maximum Gasteiger partial charge on any atom is 0.360 e. The van der Waals surface area contributed by atoms with Gasteiger partial charge in [-0.3, -0.25) is 4.79 Å². The van der Waals surface area contributed by atoms with Gasteiger partial charge < -0.3 is 31.6 Å². The summed E-state index contributed by atoms with van der Waals surface area (Å²) in [6.07, 6.45) is 4.10. The van der Waals surface area contributed by atoms with Crippen LogP contribution < -0.4 is 9.79 Å². The van der Waals surface area contributed by atoms with Crippen molar-refractivity contribution in [3.8, 4) is 22.3 Å². The van der Waals surface area contributed by atoms with E-state index in [0.29, 0.717) is 50.0 Å². The van der Waals surface area contributed by atoms with Gasteiger partial charge in [0.25, 0.3) is 0 Å². The fraction of sp³-hybridized carbons (Fsp3) is 0.481. The predicted molar refractivity (Wildman–Crippen MR) is 336 cm³/mol. The molecule has 411 valence electrons. The van der Waals surface area contributed by atoms with E-state index in [9.17, 15) is 19.4 Å². The third-order valence-corrected chi connectivity index (χ3v) is 28.4. The summed E-state index contributed by atoms with van der Waals surface area (Å²) in [5.74, 6) is -0.876. The van der Waals surface area contributed by atoms with Gasteiger partial charge in [-0.1, -0.05) is 155 Å². The maximum atomic E-state index is 12.9. The Kier molecular flexibility index (Phi) is 40.5. The fourth-order valence-corrected chi connectivity index (χ4v) is 24.4. The van der Waals surface area contributed by atoms with Crippen LogP contribution in [-0.4, -0.2) is 72.0 Å². The molecule has 1 radical (unpaired) electrons. The average Bonchev–Trinajstić information content (AvgIpc) is 3.26. The van der Waals surface area contributed by atoms with Crippen molar-refractivity contribution in [2.75, 3.05) is 25.5 Å². The van der Waals surface area contributed by atoms with E-state index in [-0.39, 0.29) is 62.4 Å². The van der Waals surface area contributed by atoms with Gasteiger partial charge in [0, 0.05) is 59.7 Å². The molecule has 0 spiro atoms. The van der Waals surface area contributed by atoms with E-state index >= 15 is 0 Å². The minimum absolute atomic E-state index is 0. The van der Waals surface area contributed by atoms with Gasteiger partial charge in [-0.2, -0.15) is 0 Å². The minimum Gasteiger partial charge on any atom is -0.620 e. The topological polar surface area (TPSA) is 126 Å². The van der Waals surface area contributed by atoms with Crippen molar-refractivity contribution in [1.29, 1.82) is 0 Å². The van der Waals surface area contributed by atoms with Crippen LogP contribution in [0.1, 0.15) is 80.7 Å². The molecular formula is C54H91O9P2S4Si4. The van der Waals surface area contributed by atoms with E-state index in [2.05, 4.69) is 137 Å². The molecule has 4 aromatic rings. The fourth-order valence-electron chi connectivity index (χ4n) is 6.91. The van der Waals surface area contributed by atoms with Gasteiger partial charge >= 0.3 is 29.8 Å². The molecule has 0 saturated carbocycles. The molecule has 73 heavy (non-hydrogen) atoms. The molecule has 0 N–H and O–H groups in total. The van der Waals surface area contributed by atoms with Crippen LogP contribution in [0, 0.1) is 5.92 Å². The minimum atomic E-state index is -2.65. The Hall–Kier alpha value is -2.29. The van der Waals surface area contributed by atoms with E-state index in [1.165, 1.54) is 0 Å². The van der Waals surface area contributed by atoms with E-state index in [4.69, 9.17) is 44.2 Å². The summed E-state index contributed by atoms with van der Waals surface area (Å²) >= 11 is 9.54. The molecule has 0 heterocycles. The second-order valence-electron chi connectivity index (χ2n) is 18.4. The monoisotopic (exact) mass is 1190 g/mol. The highest BCUT2D eigenvalue weighted by Crippen LogP contribution is 2.28. The summed E-state index contributed by atoms with van der Waals surface area (Å²) < 4.78 is 30.1. The number of ether oxygens (including phenoxy) is 2. The van der Waals surface area contributed by atoms with Crippen LogP contribution >= 0.6 is 13.8 Å². The standard InChI is InChI=1S/C28H46O6PS2Si4.C20H21O3PS2.6CH4/c1-23(22-41(9,34-40(6,7)8)33-38(2)32-39(3,4)5)28(29)31-20-18-24-10-14-26(15-11-24)27-16-12-25(13-17-27)19-21-35(30)37-36;1-15(2)20(21)23-13-11-16-3-7-18(8-4-16)19-9-5-17(6-10-19)12-14-24(22)26-25;;;;;;/h10-17,23H,18-22H2,1-9H3;3-10H,1,11-14H2,2H3;6*1H4. The molecular weight excluding hydrogens is 1100 g/mol. The Balaban J connectivity index is -0.000000651. The smallest absolute Gasteiger partial charge is 0.360 e. The summed E-state index contributed by atoms with van der Waals surface area (Å²) in [7, 11) is -5.71. The Morgan fingerprint density at radius 2 is 0.918 bits per heavy atom. The summed E-state index contributed by atoms with van der Waals surface area (Å²) in [6.45, 7) is 22.1. The van der Waals surface area contributed by atoms with Gasteiger partial charge in [0.2, 0.25) is 0 Å². The Bertz CT molecular complexity index is 2340. The highest BCUT2D eigenvalue weighted by atomic mass is 32.9. The highest BCUT2D eigenvalue weighted by Gasteiger charge is 2.42. The summed E-state index contributed by atoms with van der Waals surface area (Å²) in [4.78, 5) is 47.3. The zero-order valence-corrected chi connectivity index (χ0v) is 49.6.